The summed E-state index contributed by atoms with van der Waals surface area (Å²) in [5.74, 6) is 0. The number of aromatic nitrogens is 1. The van der Waals surface area contributed by atoms with Gasteiger partial charge in [-0.2, -0.15) is 0 Å². The number of nitrogens with zero attached hydrogens (tertiary/aromatic N) is 3. The summed E-state index contributed by atoms with van der Waals surface area (Å²) in [5.41, 5.74) is 0. The lowest BCUT2D eigenvalue weighted by Crippen LogP contribution is -2.50. The van der Waals surface area contributed by atoms with Gasteiger partial charge < -0.3 is 5.01 Å². The summed E-state index contributed by atoms with van der Waals surface area (Å²) >= 11 is 0. The van der Waals surface area contributed by atoms with Crippen LogP contribution in [0.25, 0.3) is 10.8 Å². The Morgan fingerprint density at radius 1 is 0.941 bits per heavy atom. The fraction of sp³-hybridized carbons (Fsp3) is 0.429. The summed E-state index contributed by atoms with van der Waals surface area (Å²) in [6, 6.07) is 8.55. The normalized spacial score (nSPS) is 17.8. The fourth-order valence-corrected chi connectivity index (χ4v) is 2.52. The summed E-state index contributed by atoms with van der Waals surface area (Å²) in [4.78, 5) is 2.50. The lowest BCUT2D eigenvalue weighted by Gasteiger charge is -2.35. The Balaban J connectivity index is 1.80. The molecule has 0 N–H and O–H groups in total. The fourth-order valence-electron chi connectivity index (χ4n) is 2.52. The maximum Gasteiger partial charge on any atom is 0.0472 e. The first-order chi connectivity index (χ1) is 8.36. The molecule has 0 bridgehead atoms. The zero-order chi connectivity index (χ0) is 11.7. The SMILES string of the molecule is CCN1CCN(n2cc3ccccc3c2)CC1. The minimum Gasteiger partial charge on any atom is -0.311 e. The highest BCUT2D eigenvalue weighted by molar-refractivity contribution is 5.82. The van der Waals surface area contributed by atoms with Gasteiger partial charge in [-0.25, -0.2) is 0 Å². The Bertz CT molecular complexity index is 462. The molecule has 0 spiro atoms. The van der Waals surface area contributed by atoms with Crippen molar-refractivity contribution in [2.45, 2.75) is 6.92 Å². The van der Waals surface area contributed by atoms with E-state index in [2.05, 4.69) is 58.2 Å². The molecule has 0 amide bonds. The average Bonchev–Trinajstić information content (AvgIpc) is 2.82. The molecule has 0 aliphatic carbocycles. The number of rotatable bonds is 2. The van der Waals surface area contributed by atoms with Crippen LogP contribution in [0.15, 0.2) is 36.7 Å². The van der Waals surface area contributed by atoms with Gasteiger partial charge in [0, 0.05) is 49.3 Å². The molecule has 1 aromatic carbocycles. The molecule has 17 heavy (non-hydrogen) atoms. The quantitative estimate of drug-likeness (QED) is 0.779. The van der Waals surface area contributed by atoms with E-state index in [0.717, 1.165) is 13.1 Å². The number of hydrogen-bond donors (Lipinski definition) is 0. The van der Waals surface area contributed by atoms with E-state index in [9.17, 15) is 0 Å². The van der Waals surface area contributed by atoms with Crippen molar-refractivity contribution in [2.24, 2.45) is 0 Å². The van der Waals surface area contributed by atoms with Crippen molar-refractivity contribution in [3.05, 3.63) is 36.7 Å². The third kappa shape index (κ3) is 2.03. The lowest BCUT2D eigenvalue weighted by atomic mass is 10.2. The third-order valence-corrected chi connectivity index (χ3v) is 3.66. The molecule has 0 saturated carbocycles. The molecule has 3 heteroatoms. The van der Waals surface area contributed by atoms with Gasteiger partial charge in [-0.15, -0.1) is 0 Å². The largest absolute Gasteiger partial charge is 0.311 e. The van der Waals surface area contributed by atoms with E-state index in [-0.39, 0.29) is 0 Å². The van der Waals surface area contributed by atoms with Gasteiger partial charge in [-0.3, -0.25) is 9.58 Å². The van der Waals surface area contributed by atoms with Gasteiger partial charge in [0.05, 0.1) is 0 Å². The molecule has 3 rings (SSSR count). The first-order valence-corrected chi connectivity index (χ1v) is 6.41. The van der Waals surface area contributed by atoms with Crippen LogP contribution in [0.1, 0.15) is 6.92 Å². The molecule has 0 unspecified atom stereocenters. The van der Waals surface area contributed by atoms with Crippen LogP contribution in [0.3, 0.4) is 0 Å². The van der Waals surface area contributed by atoms with E-state index < -0.39 is 0 Å². The third-order valence-electron chi connectivity index (χ3n) is 3.66. The second kappa shape index (κ2) is 4.41. The molecule has 0 radical (unpaired) electrons. The molecular formula is C14H19N3. The van der Waals surface area contributed by atoms with E-state index in [1.165, 1.54) is 30.4 Å². The molecule has 90 valence electrons. The zero-order valence-electron chi connectivity index (χ0n) is 10.3. The molecule has 1 saturated heterocycles. The first-order valence-electron chi connectivity index (χ1n) is 6.41. The van der Waals surface area contributed by atoms with E-state index >= 15 is 0 Å². The molecule has 3 nitrogen and oxygen atoms in total. The molecule has 0 atom stereocenters. The summed E-state index contributed by atoms with van der Waals surface area (Å²) < 4.78 is 2.26. The van der Waals surface area contributed by atoms with Crippen LogP contribution in [-0.2, 0) is 0 Å². The molecule has 2 aromatic rings. The molecule has 1 aromatic heterocycles. The molecule has 2 heterocycles. The van der Waals surface area contributed by atoms with E-state index in [1.54, 1.807) is 0 Å². The predicted octanol–water partition coefficient (Wildman–Crippen LogP) is 1.91. The minimum absolute atomic E-state index is 1.12. The lowest BCUT2D eigenvalue weighted by molar-refractivity contribution is 0.252. The van der Waals surface area contributed by atoms with Crippen molar-refractivity contribution in [3.63, 3.8) is 0 Å². The van der Waals surface area contributed by atoms with E-state index in [0.29, 0.717) is 0 Å². The van der Waals surface area contributed by atoms with Crippen molar-refractivity contribution in [1.82, 2.24) is 9.58 Å². The van der Waals surface area contributed by atoms with Crippen molar-refractivity contribution in [3.8, 4) is 0 Å². The predicted molar refractivity (Wildman–Crippen MR) is 72.0 cm³/mol. The zero-order valence-corrected chi connectivity index (χ0v) is 10.3. The summed E-state index contributed by atoms with van der Waals surface area (Å²) in [6.45, 7) is 7.99. The highest BCUT2D eigenvalue weighted by Crippen LogP contribution is 2.15. The van der Waals surface area contributed by atoms with E-state index in [1.807, 2.05) is 0 Å². The van der Waals surface area contributed by atoms with Gasteiger partial charge in [0.1, 0.15) is 0 Å². The van der Waals surface area contributed by atoms with Gasteiger partial charge in [0.25, 0.3) is 0 Å². The van der Waals surface area contributed by atoms with Crippen LogP contribution in [0.2, 0.25) is 0 Å². The highest BCUT2D eigenvalue weighted by Gasteiger charge is 2.15. The second-order valence-corrected chi connectivity index (χ2v) is 4.66. The van der Waals surface area contributed by atoms with Crippen LogP contribution in [-0.4, -0.2) is 42.3 Å². The van der Waals surface area contributed by atoms with Crippen LogP contribution >= 0.6 is 0 Å². The maximum atomic E-state index is 2.50. The van der Waals surface area contributed by atoms with Crippen LogP contribution in [0.4, 0.5) is 0 Å². The van der Waals surface area contributed by atoms with Crippen LogP contribution in [0.5, 0.6) is 0 Å². The summed E-state index contributed by atoms with van der Waals surface area (Å²) in [5, 5.41) is 5.07. The van der Waals surface area contributed by atoms with Crippen molar-refractivity contribution in [2.75, 3.05) is 37.7 Å². The van der Waals surface area contributed by atoms with Crippen molar-refractivity contribution >= 4 is 10.8 Å². The van der Waals surface area contributed by atoms with Crippen LogP contribution < -0.4 is 5.01 Å². The highest BCUT2D eigenvalue weighted by atomic mass is 15.6. The Morgan fingerprint density at radius 3 is 2.06 bits per heavy atom. The van der Waals surface area contributed by atoms with Gasteiger partial charge in [0.2, 0.25) is 0 Å². The van der Waals surface area contributed by atoms with Gasteiger partial charge in [-0.1, -0.05) is 31.2 Å². The first kappa shape index (κ1) is 10.7. The smallest absolute Gasteiger partial charge is 0.0472 e. The number of likely N-dealkylation sites (N-methyl/N-ethyl adjacent to an activating group) is 1. The topological polar surface area (TPSA) is 11.4 Å². The molecule has 1 aliphatic heterocycles. The van der Waals surface area contributed by atoms with Crippen LogP contribution in [0, 0.1) is 0 Å². The Kier molecular flexibility index (Phi) is 2.77. The van der Waals surface area contributed by atoms with E-state index in [4.69, 9.17) is 0 Å². The van der Waals surface area contributed by atoms with Gasteiger partial charge in [0.15, 0.2) is 0 Å². The second-order valence-electron chi connectivity index (χ2n) is 4.66. The van der Waals surface area contributed by atoms with Crippen molar-refractivity contribution in [1.29, 1.82) is 0 Å². The summed E-state index contributed by atoms with van der Waals surface area (Å²) in [6.07, 6.45) is 4.47. The number of piperazine rings is 1. The minimum atomic E-state index is 1.12. The Hall–Kier alpha value is -1.48. The summed E-state index contributed by atoms with van der Waals surface area (Å²) in [7, 11) is 0. The average molecular weight is 229 g/mol. The molecular weight excluding hydrogens is 210 g/mol. The number of fused-ring (bicyclic) bond motifs is 1. The monoisotopic (exact) mass is 229 g/mol. The van der Waals surface area contributed by atoms with Crippen molar-refractivity contribution < 1.29 is 0 Å². The van der Waals surface area contributed by atoms with Gasteiger partial charge >= 0.3 is 0 Å². The number of hydrogen-bond acceptors (Lipinski definition) is 2. The maximum absolute atomic E-state index is 2.50. The Labute approximate surface area is 102 Å². The molecule has 1 aliphatic rings. The molecule has 1 fully saturated rings. The number of benzene rings is 1. The standard InChI is InChI=1S/C14H19N3/c1-2-15-7-9-16(10-8-15)17-11-13-5-3-4-6-14(13)12-17/h3-6,11-12H,2,7-10H2,1H3. The van der Waals surface area contributed by atoms with Gasteiger partial charge in [-0.05, 0) is 6.54 Å². The Morgan fingerprint density at radius 2 is 1.53 bits per heavy atom.